The molecule has 3 aromatic rings. The number of benzene rings is 3. The van der Waals surface area contributed by atoms with Gasteiger partial charge in [-0.2, -0.15) is 0 Å². The number of hydrogen-bond acceptors (Lipinski definition) is 1. The van der Waals surface area contributed by atoms with Gasteiger partial charge in [-0.05, 0) is 37.5 Å². The highest BCUT2D eigenvalue weighted by atomic mass is 14.5. The molecule has 0 saturated heterocycles. The summed E-state index contributed by atoms with van der Waals surface area (Å²) in [6, 6.07) is 14.5. The molecule has 3 aromatic carbocycles. The highest BCUT2D eigenvalue weighted by Crippen LogP contribution is 2.22. The van der Waals surface area contributed by atoms with Gasteiger partial charge in [-0.25, -0.2) is 0 Å². The van der Waals surface area contributed by atoms with Crippen molar-refractivity contribution in [3.63, 3.8) is 0 Å². The maximum absolute atomic E-state index is 5.81. The van der Waals surface area contributed by atoms with Gasteiger partial charge >= 0.3 is 0 Å². The van der Waals surface area contributed by atoms with Crippen LogP contribution in [0.1, 0.15) is 39.7 Å². The van der Waals surface area contributed by atoms with Gasteiger partial charge in [-0.3, -0.25) is 0 Å². The normalized spacial score (nSPS) is 9.78. The molecule has 0 aliphatic heterocycles. The van der Waals surface area contributed by atoms with Gasteiger partial charge < -0.3 is 5.73 Å². The maximum Gasteiger partial charge on any atom is 0.0184 e. The predicted molar refractivity (Wildman–Crippen MR) is 107 cm³/mol. The lowest BCUT2D eigenvalue weighted by atomic mass is 9.96. The molecule has 0 radical (unpaired) electrons. The Kier molecular flexibility index (Phi) is 7.50. The monoisotopic (exact) mass is 307 g/mol. The van der Waals surface area contributed by atoms with Gasteiger partial charge in [0.25, 0.3) is 0 Å². The fraction of sp³-hybridized carbons (Fsp3) is 0.273. The molecule has 0 saturated carbocycles. The van der Waals surface area contributed by atoms with E-state index >= 15 is 0 Å². The Morgan fingerprint density at radius 1 is 0.826 bits per heavy atom. The van der Waals surface area contributed by atoms with E-state index in [-0.39, 0.29) is 0 Å². The van der Waals surface area contributed by atoms with Crippen molar-refractivity contribution in [3.05, 3.63) is 58.5 Å². The van der Waals surface area contributed by atoms with Crippen LogP contribution in [-0.4, -0.2) is 0 Å². The minimum Gasteiger partial charge on any atom is -0.326 e. The van der Waals surface area contributed by atoms with Crippen molar-refractivity contribution >= 4 is 34.7 Å². The van der Waals surface area contributed by atoms with E-state index in [2.05, 4.69) is 51.3 Å². The Balaban J connectivity index is 0.000000477. The van der Waals surface area contributed by atoms with Gasteiger partial charge in [0.05, 0.1) is 0 Å². The Labute approximate surface area is 140 Å². The molecular weight excluding hydrogens is 278 g/mol. The van der Waals surface area contributed by atoms with Crippen molar-refractivity contribution in [2.24, 2.45) is 5.73 Å². The first-order chi connectivity index (χ1) is 11.1. The lowest BCUT2D eigenvalue weighted by Gasteiger charge is -2.09. The van der Waals surface area contributed by atoms with E-state index in [1.807, 2.05) is 32.0 Å². The van der Waals surface area contributed by atoms with Crippen molar-refractivity contribution in [1.82, 2.24) is 0 Å². The van der Waals surface area contributed by atoms with E-state index in [1.54, 1.807) is 0 Å². The second kappa shape index (κ2) is 9.12. The predicted octanol–water partition coefficient (Wildman–Crippen LogP) is 4.71. The zero-order valence-corrected chi connectivity index (χ0v) is 14.9. The van der Waals surface area contributed by atoms with Gasteiger partial charge in [-0.15, -0.1) is 0 Å². The van der Waals surface area contributed by atoms with Crippen LogP contribution >= 0.6 is 0 Å². The van der Waals surface area contributed by atoms with Crippen molar-refractivity contribution in [3.8, 4) is 0 Å². The van der Waals surface area contributed by atoms with Gasteiger partial charge in [0.15, 0.2) is 0 Å². The van der Waals surface area contributed by atoms with E-state index in [0.717, 1.165) is 16.0 Å². The summed E-state index contributed by atoms with van der Waals surface area (Å²) in [7, 11) is 0. The first kappa shape index (κ1) is 18.9. The Bertz CT molecular complexity index is 862. The Hall–Kier alpha value is -2.12. The smallest absolute Gasteiger partial charge is 0.0184 e. The molecule has 122 valence electrons. The highest BCUT2D eigenvalue weighted by Gasteiger charge is 2.05. The third kappa shape index (κ3) is 4.00. The van der Waals surface area contributed by atoms with Crippen molar-refractivity contribution in [1.29, 1.82) is 0 Å². The third-order valence-electron chi connectivity index (χ3n) is 3.50. The molecule has 0 fully saturated rings. The summed E-state index contributed by atoms with van der Waals surface area (Å²) in [6.07, 6.45) is 1.25. The Morgan fingerprint density at radius 3 is 2.04 bits per heavy atom. The number of hydrogen-bond donors (Lipinski definition) is 1. The van der Waals surface area contributed by atoms with E-state index in [4.69, 9.17) is 5.73 Å². The van der Waals surface area contributed by atoms with Crippen LogP contribution in [0.25, 0.3) is 34.7 Å². The topological polar surface area (TPSA) is 26.0 Å². The standard InChI is InChI=1S/C17H15N.C3H8.C2H6/c1-11-4-3-5-13-8-9-15-14(10-18)7-6-12(2)17(15)16(11)13;1-3-2;1-2/h3-9H,1-2,10,18H2;3H2,1-2H3;1-2H3. The minimum atomic E-state index is 0.543. The molecule has 0 spiro atoms. The average molecular weight is 307 g/mol. The summed E-state index contributed by atoms with van der Waals surface area (Å²) >= 11 is 0. The van der Waals surface area contributed by atoms with Crippen LogP contribution in [0, 0.1) is 0 Å². The molecule has 0 heterocycles. The number of rotatable bonds is 1. The van der Waals surface area contributed by atoms with Gasteiger partial charge in [-0.1, -0.05) is 89.7 Å². The first-order valence-corrected chi connectivity index (χ1v) is 8.45. The van der Waals surface area contributed by atoms with Crippen LogP contribution in [0.5, 0.6) is 0 Å². The lowest BCUT2D eigenvalue weighted by molar-refractivity contribution is 1.09. The molecule has 0 amide bonds. The van der Waals surface area contributed by atoms with Crippen LogP contribution in [-0.2, 0) is 6.54 Å². The molecule has 0 atom stereocenters. The molecule has 1 nitrogen and oxygen atoms in total. The highest BCUT2D eigenvalue weighted by molar-refractivity contribution is 6.08. The van der Waals surface area contributed by atoms with Crippen molar-refractivity contribution in [2.45, 2.75) is 40.7 Å². The van der Waals surface area contributed by atoms with Crippen LogP contribution in [0.4, 0.5) is 0 Å². The molecule has 0 unspecified atom stereocenters. The fourth-order valence-electron chi connectivity index (χ4n) is 2.61. The molecule has 0 bridgehead atoms. The molecule has 3 rings (SSSR count). The molecular formula is C22H29N. The SMILES string of the molecule is C=c1cccc2ccc3c(CN)ccc(=C)c3c12.CC.CCC. The minimum absolute atomic E-state index is 0.543. The molecule has 2 N–H and O–H groups in total. The van der Waals surface area contributed by atoms with E-state index in [9.17, 15) is 0 Å². The van der Waals surface area contributed by atoms with Gasteiger partial charge in [0, 0.05) is 6.54 Å². The van der Waals surface area contributed by atoms with E-state index < -0.39 is 0 Å². The zero-order chi connectivity index (χ0) is 17.4. The van der Waals surface area contributed by atoms with Crippen molar-refractivity contribution in [2.75, 3.05) is 0 Å². The first-order valence-electron chi connectivity index (χ1n) is 8.45. The largest absolute Gasteiger partial charge is 0.326 e. The van der Waals surface area contributed by atoms with Crippen LogP contribution in [0.3, 0.4) is 0 Å². The summed E-state index contributed by atoms with van der Waals surface area (Å²) in [5.74, 6) is 0. The van der Waals surface area contributed by atoms with Crippen LogP contribution < -0.4 is 16.2 Å². The quantitative estimate of drug-likeness (QED) is 0.647. The third-order valence-corrected chi connectivity index (χ3v) is 3.50. The lowest BCUT2D eigenvalue weighted by Crippen LogP contribution is -2.09. The maximum atomic E-state index is 5.81. The summed E-state index contributed by atoms with van der Waals surface area (Å²) < 4.78 is 0. The summed E-state index contributed by atoms with van der Waals surface area (Å²) in [5.41, 5.74) is 6.97. The van der Waals surface area contributed by atoms with Crippen molar-refractivity contribution < 1.29 is 0 Å². The Morgan fingerprint density at radius 2 is 1.43 bits per heavy atom. The molecule has 1 heteroatoms. The summed E-state index contributed by atoms with van der Waals surface area (Å²) in [5, 5.41) is 6.83. The average Bonchev–Trinajstić information content (AvgIpc) is 2.58. The van der Waals surface area contributed by atoms with Crippen LogP contribution in [0.15, 0.2) is 42.5 Å². The molecule has 0 aliphatic carbocycles. The molecule has 0 aliphatic rings. The number of fused-ring (bicyclic) bond motifs is 3. The van der Waals surface area contributed by atoms with E-state index in [0.29, 0.717) is 6.54 Å². The van der Waals surface area contributed by atoms with Gasteiger partial charge in [0.2, 0.25) is 0 Å². The zero-order valence-electron chi connectivity index (χ0n) is 14.9. The van der Waals surface area contributed by atoms with E-state index in [1.165, 1.54) is 28.0 Å². The molecule has 23 heavy (non-hydrogen) atoms. The second-order valence-electron chi connectivity index (χ2n) is 5.30. The van der Waals surface area contributed by atoms with Crippen LogP contribution in [0.2, 0.25) is 0 Å². The second-order valence-corrected chi connectivity index (χ2v) is 5.30. The summed E-state index contributed by atoms with van der Waals surface area (Å²) in [4.78, 5) is 0. The molecule has 0 aromatic heterocycles. The summed E-state index contributed by atoms with van der Waals surface area (Å²) in [6.45, 7) is 17.1. The number of nitrogens with two attached hydrogens (primary N) is 1. The van der Waals surface area contributed by atoms with Gasteiger partial charge in [0.1, 0.15) is 0 Å². The fourth-order valence-corrected chi connectivity index (χ4v) is 2.61.